The minimum atomic E-state index is -0.240. The summed E-state index contributed by atoms with van der Waals surface area (Å²) in [7, 11) is 4.08. The van der Waals surface area contributed by atoms with Gasteiger partial charge < -0.3 is 30.2 Å². The number of likely N-dealkylation sites (tertiary alicyclic amines) is 2. The predicted molar refractivity (Wildman–Crippen MR) is 552 cm³/mol. The van der Waals surface area contributed by atoms with Crippen LogP contribution in [-0.4, -0.2) is 182 Å². The molecule has 2 fully saturated rings. The van der Waals surface area contributed by atoms with Crippen molar-refractivity contribution in [3.05, 3.63) is 282 Å². The Labute approximate surface area is 817 Å². The van der Waals surface area contributed by atoms with E-state index in [1.165, 1.54) is 67.5 Å². The molecule has 36 heteroatoms. The van der Waals surface area contributed by atoms with Crippen molar-refractivity contribution in [2.45, 2.75) is 71.6 Å². The van der Waals surface area contributed by atoms with E-state index in [0.29, 0.717) is 40.7 Å². The minimum absolute atomic E-state index is 0.233. The van der Waals surface area contributed by atoms with Gasteiger partial charge in [0.05, 0.1) is 74.6 Å². The highest BCUT2D eigenvalue weighted by molar-refractivity contribution is 7.15. The molecule has 2 aliphatic rings. The van der Waals surface area contributed by atoms with E-state index in [4.69, 9.17) is 19.9 Å². The molecule has 0 saturated carbocycles. The van der Waals surface area contributed by atoms with E-state index < -0.39 is 0 Å². The Morgan fingerprint density at radius 1 is 0.312 bits per heavy atom. The highest BCUT2D eigenvalue weighted by atomic mass is 32.1. The van der Waals surface area contributed by atoms with Gasteiger partial charge in [0.1, 0.15) is 44.8 Å². The van der Waals surface area contributed by atoms with Gasteiger partial charge in [-0.15, -0.1) is 45.3 Å². The van der Waals surface area contributed by atoms with Crippen LogP contribution in [0.5, 0.6) is 0 Å². The first kappa shape index (κ1) is 89.0. The number of halogens is 4. The molecular formula is C105H86F4N28S4. The second-order valence-corrected chi connectivity index (χ2v) is 39.6. The number of rotatable bonds is 20. The van der Waals surface area contributed by atoms with Gasteiger partial charge in [-0.25, -0.2) is 19.9 Å². The maximum absolute atomic E-state index is 13.7. The molecule has 0 atom stereocenters. The number of nitrogens with one attached hydrogen (secondary N) is 9. The molecule has 20 aromatic heterocycles. The Morgan fingerprint density at radius 2 is 0.603 bits per heavy atom. The molecule has 9 N–H and O–H groups in total. The Hall–Kier alpha value is -16.0. The molecule has 28 nitrogen and oxygen atoms in total. The van der Waals surface area contributed by atoms with E-state index in [9.17, 15) is 17.6 Å². The number of benzene rings is 4. The molecule has 22 heterocycles. The molecule has 698 valence electrons. The van der Waals surface area contributed by atoms with Crippen molar-refractivity contribution in [3.8, 4) is 132 Å². The quantitative estimate of drug-likeness (QED) is 0.0320. The summed E-state index contributed by atoms with van der Waals surface area (Å²) in [5, 5.41) is 36.9. The third kappa shape index (κ3) is 18.6. The summed E-state index contributed by atoms with van der Waals surface area (Å²) in [6.07, 6.45) is 35.4. The third-order valence-electron chi connectivity index (χ3n) is 25.0. The lowest BCUT2D eigenvalue weighted by molar-refractivity contribution is 0.220. The van der Waals surface area contributed by atoms with Gasteiger partial charge in [-0.05, 0) is 240 Å². The SMILES string of the molecule is CC(C)Nc1cncc(-c2ccc3[nH]nc(-c4nc5c(-c6ccc(F)s6)cncc5[nH]4)c3c2)c1.CN(C)Cc1cncc(-c2ccc3[nH]nc(-c4nc5c(-c6ccc(F)s6)cncc5[nH]4)c3c2)c1.Fc1ccc(-c2cncc3[nH]c(-c4n[nH]c5ccc(-c6cncc(CN7CCCC7)c6)cc45)nc23)s1.Fc1ccc(-c2cncc3[nH]c(-c4n[nH]c5ccc(-c6cncc(CN7CCCCC7)c6)cc45)nc23)s1. The van der Waals surface area contributed by atoms with Gasteiger partial charge in [0.15, 0.2) is 43.8 Å². The number of thiophene rings is 4. The van der Waals surface area contributed by atoms with E-state index in [1.54, 1.807) is 73.8 Å². The molecule has 0 radical (unpaired) electrons. The number of pyridine rings is 8. The fourth-order valence-electron chi connectivity index (χ4n) is 18.4. The van der Waals surface area contributed by atoms with Crippen LogP contribution >= 0.6 is 45.3 Å². The van der Waals surface area contributed by atoms with Crippen LogP contribution in [0.25, 0.3) is 220 Å². The maximum Gasteiger partial charge on any atom is 0.176 e. The van der Waals surface area contributed by atoms with Crippen LogP contribution in [-0.2, 0) is 19.6 Å². The number of hydrogen-bond donors (Lipinski definition) is 9. The van der Waals surface area contributed by atoms with Crippen LogP contribution in [0.2, 0.25) is 0 Å². The van der Waals surface area contributed by atoms with Crippen LogP contribution in [0, 0.1) is 20.5 Å². The largest absolute Gasteiger partial charge is 0.382 e. The fraction of sp³-hybridized carbons (Fsp3) is 0.162. The molecule has 0 spiro atoms. The smallest absolute Gasteiger partial charge is 0.176 e. The Kier molecular flexibility index (Phi) is 24.3. The van der Waals surface area contributed by atoms with E-state index in [2.05, 4.69) is 201 Å². The second-order valence-electron chi connectivity index (χ2n) is 35.5. The van der Waals surface area contributed by atoms with Gasteiger partial charge >= 0.3 is 0 Å². The van der Waals surface area contributed by atoms with Crippen LogP contribution in [0.3, 0.4) is 0 Å². The van der Waals surface area contributed by atoms with Gasteiger partial charge in [0.25, 0.3) is 0 Å². The van der Waals surface area contributed by atoms with E-state index >= 15 is 0 Å². The van der Waals surface area contributed by atoms with Crippen molar-refractivity contribution in [1.29, 1.82) is 0 Å². The van der Waals surface area contributed by atoms with Crippen LogP contribution in [0.4, 0.5) is 23.2 Å². The molecule has 0 amide bonds. The zero-order valence-corrected chi connectivity index (χ0v) is 79.6. The minimum Gasteiger partial charge on any atom is -0.382 e. The molecule has 0 aliphatic carbocycles. The summed E-state index contributed by atoms with van der Waals surface area (Å²) in [6.45, 7) is 11.5. The summed E-state index contributed by atoms with van der Waals surface area (Å²) in [5.74, 6) is 2.53. The molecule has 24 aromatic rings. The summed E-state index contributed by atoms with van der Waals surface area (Å²) in [6, 6.07) is 46.7. The number of aromatic amines is 8. The molecular weight excluding hydrogens is 1860 g/mol. The number of piperidine rings is 1. The van der Waals surface area contributed by atoms with Gasteiger partial charge in [-0.2, -0.15) is 38.0 Å². The van der Waals surface area contributed by atoms with Crippen molar-refractivity contribution >= 4 is 139 Å². The van der Waals surface area contributed by atoms with Gasteiger partial charge in [0.2, 0.25) is 0 Å². The fourth-order valence-corrected chi connectivity index (χ4v) is 21.3. The van der Waals surface area contributed by atoms with Crippen molar-refractivity contribution < 1.29 is 17.6 Å². The topological polar surface area (TPSA) is 354 Å². The number of anilines is 1. The lowest BCUT2D eigenvalue weighted by Crippen LogP contribution is -2.29. The van der Waals surface area contributed by atoms with Gasteiger partial charge in [-0.3, -0.25) is 70.1 Å². The first-order valence-corrected chi connectivity index (χ1v) is 49.2. The van der Waals surface area contributed by atoms with E-state index in [1.807, 2.05) is 94.0 Å². The summed E-state index contributed by atoms with van der Waals surface area (Å²) in [5.41, 5.74) is 28.8. The Balaban J connectivity index is 0.000000105. The molecule has 0 bridgehead atoms. The van der Waals surface area contributed by atoms with Crippen LogP contribution in [0.1, 0.15) is 62.6 Å². The van der Waals surface area contributed by atoms with Crippen molar-refractivity contribution in [3.63, 3.8) is 0 Å². The lowest BCUT2D eigenvalue weighted by Gasteiger charge is -2.26. The summed E-state index contributed by atoms with van der Waals surface area (Å²) >= 11 is 4.32. The zero-order valence-electron chi connectivity index (χ0n) is 76.3. The molecule has 2 saturated heterocycles. The summed E-state index contributed by atoms with van der Waals surface area (Å²) < 4.78 is 54.6. The first-order valence-electron chi connectivity index (χ1n) is 46.0. The number of fused-ring (bicyclic) bond motifs is 8. The number of nitrogens with zero attached hydrogens (tertiary/aromatic N) is 19. The molecule has 0 unspecified atom stereocenters. The monoisotopic (exact) mass is 1940 g/mol. The molecule has 26 rings (SSSR count). The average Bonchev–Trinajstić information content (AvgIpc) is 1.63. The highest BCUT2D eigenvalue weighted by Crippen LogP contribution is 2.43. The standard InChI is InChI=1S/C28H24FN7S.C27H22FN7S.2C25H20FN7S/c29-25-7-6-24(37-25)21-14-31-15-23-26(21)33-28(32-23)27-20-11-18(4-5-22(20)34-35-27)19-10-17(12-30-13-19)16-36-8-2-1-3-9-36;28-24-6-5-23(36-24)20-13-30-14-22-25(20)32-27(31-22)26-19-10-17(3-4-21(19)33-34-26)18-9-16(11-29-12-18)15-35-7-1-2-8-35;1-33(2)13-14-7-16(10-27-9-14)15-3-4-19-17(8-15)24(32-31-19)25-29-20-12-28-11-18(23(20)30-25)21-5-6-22(26)34-21;1-13(2)29-16-7-15(9-27-10-16)14-3-4-19-17(8-14)24(33-32-19)25-30-20-12-28-11-18(23(20)31-25)21-5-6-22(26)34-21/h4-7,10-15H,1-3,8-9,16H2,(H,32,33)(H,34,35);3-6,9-14H,1-2,7-8,15H2,(H,31,32)(H,33,34);3-12H,13H2,1-2H3,(H,29,30)(H,31,32);3-13,29H,1-2H3,(H,30,31)(H,32,33). The van der Waals surface area contributed by atoms with E-state index in [-0.39, 0.29) is 20.5 Å². The zero-order chi connectivity index (χ0) is 95.3. The lowest BCUT2D eigenvalue weighted by atomic mass is 10.0. The predicted octanol–water partition coefficient (Wildman–Crippen LogP) is 24.2. The average molecular weight is 1940 g/mol. The van der Waals surface area contributed by atoms with Crippen molar-refractivity contribution in [1.82, 2.24) is 135 Å². The number of imidazole rings is 4. The Morgan fingerprint density at radius 3 is 0.908 bits per heavy atom. The normalized spacial score (nSPS) is 13.1. The van der Waals surface area contributed by atoms with Crippen LogP contribution < -0.4 is 5.32 Å². The maximum atomic E-state index is 13.7. The van der Waals surface area contributed by atoms with Crippen molar-refractivity contribution in [2.24, 2.45) is 0 Å². The molecule has 4 aromatic carbocycles. The Bertz CT molecular complexity index is 8490. The third-order valence-corrected chi connectivity index (χ3v) is 28.6. The van der Waals surface area contributed by atoms with Crippen LogP contribution in [0.15, 0.2) is 245 Å². The summed E-state index contributed by atoms with van der Waals surface area (Å²) in [4.78, 5) is 78.2. The van der Waals surface area contributed by atoms with E-state index in [0.717, 1.165) is 288 Å². The highest BCUT2D eigenvalue weighted by Gasteiger charge is 2.26. The molecule has 141 heavy (non-hydrogen) atoms. The first-order chi connectivity index (χ1) is 69.0. The van der Waals surface area contributed by atoms with Gasteiger partial charge in [0, 0.05) is 186 Å². The number of aromatic nitrogens is 24. The van der Waals surface area contributed by atoms with Gasteiger partial charge in [-0.1, -0.05) is 30.7 Å². The second kappa shape index (κ2) is 38.4. The molecule has 2 aliphatic heterocycles. The van der Waals surface area contributed by atoms with Crippen molar-refractivity contribution in [2.75, 3.05) is 45.6 Å². The number of H-pyrrole nitrogens is 8. The number of hydrogen-bond acceptors (Lipinski definition) is 24.